The van der Waals surface area contributed by atoms with Gasteiger partial charge in [0.1, 0.15) is 5.82 Å². The van der Waals surface area contributed by atoms with E-state index in [0.717, 1.165) is 5.33 Å². The molecule has 0 fully saturated rings. The van der Waals surface area contributed by atoms with Gasteiger partial charge in [-0.3, -0.25) is 0 Å². The number of hydrogen-bond acceptors (Lipinski definition) is 2. The molecule has 84 valence electrons. The number of carbonyl (C=O) groups is 1. The molecule has 1 aromatic carbocycles. The molecule has 0 saturated heterocycles. The summed E-state index contributed by atoms with van der Waals surface area (Å²) in [5.41, 5.74) is 0.510. The first-order valence-electron chi connectivity index (χ1n) is 4.61. The Hall–Kier alpha value is -1.34. The fraction of sp³-hybridized carbons (Fsp3) is 0.250. The zero-order valence-electron chi connectivity index (χ0n) is 8.72. The number of rotatable bonds is 2. The minimum Gasteiger partial charge on any atom is -0.465 e. The van der Waals surface area contributed by atoms with Crippen LogP contribution in [0.25, 0.3) is 0 Å². The number of esters is 1. The van der Waals surface area contributed by atoms with Crippen LogP contribution in [0.4, 0.5) is 4.39 Å². The molecule has 1 aromatic rings. The molecular formula is C12H10BrFO2. The first kappa shape index (κ1) is 12.7. The summed E-state index contributed by atoms with van der Waals surface area (Å²) in [5.74, 6) is 4.53. The average molecular weight is 285 g/mol. The van der Waals surface area contributed by atoms with Gasteiger partial charge in [0, 0.05) is 11.8 Å². The zero-order chi connectivity index (χ0) is 12.0. The van der Waals surface area contributed by atoms with E-state index in [1.807, 2.05) is 0 Å². The molecule has 0 bridgehead atoms. The number of hydrogen-bond donors (Lipinski definition) is 0. The highest BCUT2D eigenvalue weighted by atomic mass is 79.9. The van der Waals surface area contributed by atoms with Gasteiger partial charge in [0.2, 0.25) is 0 Å². The van der Waals surface area contributed by atoms with Crippen molar-refractivity contribution in [2.24, 2.45) is 0 Å². The SMILES string of the molecule is COC(=O)c1ccc(F)c(C#CCCBr)c1. The van der Waals surface area contributed by atoms with Crippen LogP contribution in [0.1, 0.15) is 22.3 Å². The Morgan fingerprint density at radius 2 is 2.31 bits per heavy atom. The maximum atomic E-state index is 13.3. The van der Waals surface area contributed by atoms with Crippen molar-refractivity contribution in [3.63, 3.8) is 0 Å². The molecule has 0 heterocycles. The summed E-state index contributed by atoms with van der Waals surface area (Å²) < 4.78 is 17.8. The van der Waals surface area contributed by atoms with Crippen molar-refractivity contribution >= 4 is 21.9 Å². The number of carbonyl (C=O) groups excluding carboxylic acids is 1. The Kier molecular flexibility index (Phi) is 5.00. The predicted octanol–water partition coefficient (Wildman–Crippen LogP) is 2.75. The number of benzene rings is 1. The van der Waals surface area contributed by atoms with Crippen LogP contribution in [0.3, 0.4) is 0 Å². The Balaban J connectivity index is 3.01. The molecule has 4 heteroatoms. The Morgan fingerprint density at radius 1 is 1.56 bits per heavy atom. The quantitative estimate of drug-likeness (QED) is 0.474. The van der Waals surface area contributed by atoms with E-state index in [2.05, 4.69) is 32.5 Å². The number of ether oxygens (including phenoxy) is 1. The van der Waals surface area contributed by atoms with E-state index in [4.69, 9.17) is 0 Å². The van der Waals surface area contributed by atoms with Gasteiger partial charge in [-0.05, 0) is 18.2 Å². The van der Waals surface area contributed by atoms with Crippen LogP contribution >= 0.6 is 15.9 Å². The lowest BCUT2D eigenvalue weighted by atomic mass is 10.1. The van der Waals surface area contributed by atoms with E-state index < -0.39 is 11.8 Å². The van der Waals surface area contributed by atoms with E-state index >= 15 is 0 Å². The molecule has 16 heavy (non-hydrogen) atoms. The summed E-state index contributed by atoms with van der Waals surface area (Å²) in [6, 6.07) is 3.98. The lowest BCUT2D eigenvalue weighted by molar-refractivity contribution is 0.0600. The van der Waals surface area contributed by atoms with Gasteiger partial charge in [0.25, 0.3) is 0 Å². The van der Waals surface area contributed by atoms with Gasteiger partial charge in [-0.1, -0.05) is 27.8 Å². The van der Waals surface area contributed by atoms with Crippen molar-refractivity contribution in [2.75, 3.05) is 12.4 Å². The lowest BCUT2D eigenvalue weighted by Crippen LogP contribution is -2.02. The summed E-state index contributed by atoms with van der Waals surface area (Å²) in [4.78, 5) is 11.2. The van der Waals surface area contributed by atoms with Crippen LogP contribution in [0.15, 0.2) is 18.2 Å². The second-order valence-corrected chi connectivity index (χ2v) is 3.72. The third-order valence-electron chi connectivity index (χ3n) is 1.83. The standard InChI is InChI=1S/C12H10BrFO2/c1-16-12(15)10-5-6-11(14)9(8-10)4-2-3-7-13/h5-6,8H,3,7H2,1H3. The summed E-state index contributed by atoms with van der Waals surface area (Å²) in [6.07, 6.45) is 0.627. The number of halogens is 2. The summed E-state index contributed by atoms with van der Waals surface area (Å²) >= 11 is 3.22. The molecule has 0 spiro atoms. The molecule has 0 atom stereocenters. The number of alkyl halides is 1. The van der Waals surface area contributed by atoms with Gasteiger partial charge in [-0.15, -0.1) is 0 Å². The zero-order valence-corrected chi connectivity index (χ0v) is 10.3. The smallest absolute Gasteiger partial charge is 0.337 e. The highest BCUT2D eigenvalue weighted by molar-refractivity contribution is 9.09. The molecule has 2 nitrogen and oxygen atoms in total. The van der Waals surface area contributed by atoms with Gasteiger partial charge in [-0.2, -0.15) is 0 Å². The van der Waals surface area contributed by atoms with Crippen molar-refractivity contribution in [2.45, 2.75) is 6.42 Å². The molecule has 0 aliphatic rings. The van der Waals surface area contributed by atoms with Gasteiger partial charge >= 0.3 is 5.97 Å². The van der Waals surface area contributed by atoms with E-state index in [1.165, 1.54) is 25.3 Å². The normalized spacial score (nSPS) is 9.19. The molecule has 0 saturated carbocycles. The van der Waals surface area contributed by atoms with Crippen molar-refractivity contribution in [3.05, 3.63) is 35.1 Å². The summed E-state index contributed by atoms with van der Waals surface area (Å²) in [7, 11) is 1.28. The third kappa shape index (κ3) is 3.35. The molecule has 1 rings (SSSR count). The van der Waals surface area contributed by atoms with Crippen LogP contribution in [0.2, 0.25) is 0 Å². The van der Waals surface area contributed by atoms with Crippen molar-refractivity contribution in [1.29, 1.82) is 0 Å². The molecule has 0 radical (unpaired) electrons. The lowest BCUT2D eigenvalue weighted by Gasteiger charge is -2.00. The molecule has 0 N–H and O–H groups in total. The minimum atomic E-state index is -0.497. The molecular weight excluding hydrogens is 275 g/mol. The third-order valence-corrected chi connectivity index (χ3v) is 2.23. The van der Waals surface area contributed by atoms with Crippen molar-refractivity contribution < 1.29 is 13.9 Å². The first-order chi connectivity index (χ1) is 7.69. The summed E-state index contributed by atoms with van der Waals surface area (Å²) in [6.45, 7) is 0. The maximum absolute atomic E-state index is 13.3. The molecule has 0 aliphatic carbocycles. The Morgan fingerprint density at radius 3 is 2.94 bits per heavy atom. The largest absolute Gasteiger partial charge is 0.465 e. The molecule has 0 aliphatic heterocycles. The van der Waals surface area contributed by atoms with E-state index in [0.29, 0.717) is 12.0 Å². The predicted molar refractivity (Wildman–Crippen MR) is 63.0 cm³/mol. The highest BCUT2D eigenvalue weighted by Gasteiger charge is 2.08. The van der Waals surface area contributed by atoms with Gasteiger partial charge in [-0.25, -0.2) is 9.18 Å². The van der Waals surface area contributed by atoms with Crippen molar-refractivity contribution in [3.8, 4) is 11.8 Å². The van der Waals surface area contributed by atoms with Crippen LogP contribution in [-0.2, 0) is 4.74 Å². The van der Waals surface area contributed by atoms with Crippen LogP contribution < -0.4 is 0 Å². The average Bonchev–Trinajstić information content (AvgIpc) is 2.31. The van der Waals surface area contributed by atoms with Gasteiger partial charge < -0.3 is 4.74 Å². The maximum Gasteiger partial charge on any atom is 0.337 e. The Labute approximate surface area is 102 Å². The number of methoxy groups -OCH3 is 1. The Bertz CT molecular complexity index is 446. The molecule has 0 unspecified atom stereocenters. The minimum absolute atomic E-state index is 0.212. The first-order valence-corrected chi connectivity index (χ1v) is 5.74. The van der Waals surface area contributed by atoms with Gasteiger partial charge in [0.05, 0.1) is 18.2 Å². The second-order valence-electron chi connectivity index (χ2n) is 2.93. The van der Waals surface area contributed by atoms with Gasteiger partial charge in [0.15, 0.2) is 0 Å². The van der Waals surface area contributed by atoms with Crippen LogP contribution in [-0.4, -0.2) is 18.4 Å². The molecule has 0 amide bonds. The summed E-state index contributed by atoms with van der Waals surface area (Å²) in [5, 5.41) is 0.734. The van der Waals surface area contributed by atoms with Crippen LogP contribution in [0.5, 0.6) is 0 Å². The second kappa shape index (κ2) is 6.29. The fourth-order valence-corrected chi connectivity index (χ4v) is 1.27. The topological polar surface area (TPSA) is 26.3 Å². The molecule has 0 aromatic heterocycles. The van der Waals surface area contributed by atoms with Crippen molar-refractivity contribution in [1.82, 2.24) is 0 Å². The van der Waals surface area contributed by atoms with E-state index in [9.17, 15) is 9.18 Å². The van der Waals surface area contributed by atoms with Crippen LogP contribution in [0, 0.1) is 17.7 Å². The highest BCUT2D eigenvalue weighted by Crippen LogP contribution is 2.10. The van der Waals surface area contributed by atoms with E-state index in [-0.39, 0.29) is 5.56 Å². The fourth-order valence-electron chi connectivity index (χ4n) is 1.07. The monoisotopic (exact) mass is 284 g/mol. The van der Waals surface area contributed by atoms with E-state index in [1.54, 1.807) is 0 Å².